The van der Waals surface area contributed by atoms with Crippen molar-refractivity contribution in [2.45, 2.75) is 32.6 Å². The van der Waals surface area contributed by atoms with Crippen molar-refractivity contribution in [3.8, 4) is 0 Å². The second-order valence-corrected chi connectivity index (χ2v) is 4.85. The van der Waals surface area contributed by atoms with E-state index in [9.17, 15) is 4.79 Å². The van der Waals surface area contributed by atoms with Crippen LogP contribution in [0.4, 0.5) is 4.79 Å². The average molecular weight is 254 g/mol. The Kier molecular flexibility index (Phi) is 4.99. The maximum atomic E-state index is 11.6. The molecule has 0 bridgehead atoms. The Bertz CT molecular complexity index is 307. The fourth-order valence-electron chi connectivity index (χ4n) is 2.18. The molecule has 0 radical (unpaired) electrons. The van der Waals surface area contributed by atoms with Gasteiger partial charge in [-0.15, -0.1) is 0 Å². The first kappa shape index (κ1) is 13.3. The highest BCUT2D eigenvalue weighted by molar-refractivity contribution is 5.91. The highest BCUT2D eigenvalue weighted by Crippen LogP contribution is 2.26. The van der Waals surface area contributed by atoms with Gasteiger partial charge in [-0.2, -0.15) is 4.99 Å². The molecule has 1 amide bonds. The number of morpholine rings is 1. The number of hydrogen-bond acceptors (Lipinski definition) is 3. The van der Waals surface area contributed by atoms with Crippen LogP contribution in [0, 0.1) is 5.92 Å². The van der Waals surface area contributed by atoms with E-state index in [0.717, 1.165) is 25.3 Å². The van der Waals surface area contributed by atoms with E-state index >= 15 is 0 Å². The number of amidine groups is 1. The molecule has 0 N–H and O–H groups in total. The zero-order valence-electron chi connectivity index (χ0n) is 11.1. The summed E-state index contributed by atoms with van der Waals surface area (Å²) < 4.78 is 10.5. The average Bonchev–Trinajstić information content (AvgIpc) is 2.35. The molecule has 1 aliphatic carbocycles. The molecule has 5 heteroatoms. The Labute approximate surface area is 108 Å². The molecule has 0 spiro atoms. The number of carbonyl (C=O) groups is 1. The van der Waals surface area contributed by atoms with Crippen LogP contribution in [0.3, 0.4) is 0 Å². The summed E-state index contributed by atoms with van der Waals surface area (Å²) >= 11 is 0. The summed E-state index contributed by atoms with van der Waals surface area (Å²) in [5.41, 5.74) is 0. The molecule has 1 heterocycles. The van der Waals surface area contributed by atoms with Crippen molar-refractivity contribution in [2.24, 2.45) is 10.9 Å². The monoisotopic (exact) mass is 254 g/mol. The number of rotatable bonds is 3. The van der Waals surface area contributed by atoms with Crippen LogP contribution in [0.1, 0.15) is 32.6 Å². The molecule has 1 aliphatic heterocycles. The van der Waals surface area contributed by atoms with E-state index in [-0.39, 0.29) is 0 Å². The van der Waals surface area contributed by atoms with Crippen LogP contribution in [0.2, 0.25) is 0 Å². The summed E-state index contributed by atoms with van der Waals surface area (Å²) in [5, 5.41) is 0. The van der Waals surface area contributed by atoms with E-state index in [2.05, 4.69) is 9.89 Å². The predicted octanol–water partition coefficient (Wildman–Crippen LogP) is 2.06. The Morgan fingerprint density at radius 2 is 2.11 bits per heavy atom. The molecule has 18 heavy (non-hydrogen) atoms. The SMILES string of the molecule is CC/C(=N/C(=O)OCC1CCC1)N1CCOCC1. The van der Waals surface area contributed by atoms with Crippen molar-refractivity contribution >= 4 is 11.9 Å². The molecule has 1 saturated heterocycles. The molecule has 1 saturated carbocycles. The summed E-state index contributed by atoms with van der Waals surface area (Å²) in [4.78, 5) is 17.8. The lowest BCUT2D eigenvalue weighted by molar-refractivity contribution is 0.0668. The van der Waals surface area contributed by atoms with Crippen LogP contribution in [0.5, 0.6) is 0 Å². The van der Waals surface area contributed by atoms with E-state index < -0.39 is 6.09 Å². The number of amides is 1. The molecule has 102 valence electrons. The van der Waals surface area contributed by atoms with E-state index in [0.29, 0.717) is 25.7 Å². The minimum absolute atomic E-state index is 0.440. The third-order valence-corrected chi connectivity index (χ3v) is 3.58. The van der Waals surface area contributed by atoms with Crippen molar-refractivity contribution in [1.29, 1.82) is 0 Å². The molecule has 0 aromatic heterocycles. The first-order valence-corrected chi connectivity index (χ1v) is 6.86. The van der Waals surface area contributed by atoms with E-state index in [1.807, 2.05) is 6.92 Å². The van der Waals surface area contributed by atoms with Gasteiger partial charge >= 0.3 is 6.09 Å². The van der Waals surface area contributed by atoms with Crippen molar-refractivity contribution in [2.75, 3.05) is 32.9 Å². The van der Waals surface area contributed by atoms with Gasteiger partial charge in [-0.25, -0.2) is 4.79 Å². The van der Waals surface area contributed by atoms with Gasteiger partial charge in [-0.05, 0) is 18.8 Å². The largest absolute Gasteiger partial charge is 0.448 e. The zero-order valence-corrected chi connectivity index (χ0v) is 11.1. The van der Waals surface area contributed by atoms with E-state index in [4.69, 9.17) is 9.47 Å². The maximum Gasteiger partial charge on any atom is 0.435 e. The van der Waals surface area contributed by atoms with Gasteiger partial charge in [0.15, 0.2) is 0 Å². The fourth-order valence-corrected chi connectivity index (χ4v) is 2.18. The standard InChI is InChI=1S/C13H22N2O3/c1-2-12(15-6-8-17-9-7-15)14-13(16)18-10-11-4-3-5-11/h11H,2-10H2,1H3/b14-12-. The second kappa shape index (κ2) is 6.73. The molecule has 0 aromatic rings. The first-order chi connectivity index (χ1) is 8.79. The quantitative estimate of drug-likeness (QED) is 0.571. The summed E-state index contributed by atoms with van der Waals surface area (Å²) in [6.07, 6.45) is 3.94. The summed E-state index contributed by atoms with van der Waals surface area (Å²) in [6, 6.07) is 0. The minimum Gasteiger partial charge on any atom is -0.448 e. The number of ether oxygens (including phenoxy) is 2. The second-order valence-electron chi connectivity index (χ2n) is 4.85. The van der Waals surface area contributed by atoms with Crippen molar-refractivity contribution in [1.82, 2.24) is 4.90 Å². The van der Waals surface area contributed by atoms with Gasteiger partial charge in [-0.1, -0.05) is 13.3 Å². The van der Waals surface area contributed by atoms with Gasteiger partial charge in [0.2, 0.25) is 0 Å². The smallest absolute Gasteiger partial charge is 0.435 e. The Balaban J connectivity index is 1.80. The Morgan fingerprint density at radius 1 is 1.39 bits per heavy atom. The van der Waals surface area contributed by atoms with Crippen LogP contribution in [0.25, 0.3) is 0 Å². The van der Waals surface area contributed by atoms with Crippen LogP contribution in [-0.2, 0) is 9.47 Å². The maximum absolute atomic E-state index is 11.6. The topological polar surface area (TPSA) is 51.1 Å². The van der Waals surface area contributed by atoms with Crippen LogP contribution in [-0.4, -0.2) is 49.7 Å². The molecule has 5 nitrogen and oxygen atoms in total. The molecule has 2 fully saturated rings. The van der Waals surface area contributed by atoms with Gasteiger partial charge in [0.25, 0.3) is 0 Å². The van der Waals surface area contributed by atoms with Gasteiger partial charge in [0, 0.05) is 19.5 Å². The molecular weight excluding hydrogens is 232 g/mol. The van der Waals surface area contributed by atoms with E-state index in [1.165, 1.54) is 19.3 Å². The highest BCUT2D eigenvalue weighted by Gasteiger charge is 2.20. The van der Waals surface area contributed by atoms with Gasteiger partial charge < -0.3 is 14.4 Å². The van der Waals surface area contributed by atoms with Crippen molar-refractivity contribution < 1.29 is 14.3 Å². The lowest BCUT2D eigenvalue weighted by Crippen LogP contribution is -2.40. The summed E-state index contributed by atoms with van der Waals surface area (Å²) in [7, 11) is 0. The van der Waals surface area contributed by atoms with Crippen molar-refractivity contribution in [3.63, 3.8) is 0 Å². The van der Waals surface area contributed by atoms with Crippen LogP contribution < -0.4 is 0 Å². The summed E-state index contributed by atoms with van der Waals surface area (Å²) in [6.45, 7) is 5.56. The molecule has 2 aliphatic rings. The number of carbonyl (C=O) groups excluding carboxylic acids is 1. The Morgan fingerprint density at radius 3 is 2.67 bits per heavy atom. The highest BCUT2D eigenvalue weighted by atomic mass is 16.5. The number of nitrogens with zero attached hydrogens (tertiary/aromatic N) is 2. The molecule has 0 atom stereocenters. The first-order valence-electron chi connectivity index (χ1n) is 6.86. The van der Waals surface area contributed by atoms with E-state index in [1.54, 1.807) is 0 Å². The number of aliphatic imine (C=N–C) groups is 1. The lowest BCUT2D eigenvalue weighted by atomic mass is 9.86. The van der Waals surface area contributed by atoms with Crippen molar-refractivity contribution in [3.05, 3.63) is 0 Å². The molecule has 0 aromatic carbocycles. The predicted molar refractivity (Wildman–Crippen MR) is 68.8 cm³/mol. The molecule has 0 unspecified atom stereocenters. The van der Waals surface area contributed by atoms with Gasteiger partial charge in [0.1, 0.15) is 5.84 Å². The molecular formula is C13H22N2O3. The van der Waals surface area contributed by atoms with Crippen LogP contribution >= 0.6 is 0 Å². The Hall–Kier alpha value is -1.10. The molecule has 2 rings (SSSR count). The lowest BCUT2D eigenvalue weighted by Gasteiger charge is -2.29. The normalized spacial score (nSPS) is 21.6. The zero-order chi connectivity index (χ0) is 12.8. The fraction of sp³-hybridized carbons (Fsp3) is 0.846. The van der Waals surface area contributed by atoms with Gasteiger partial charge in [-0.3, -0.25) is 0 Å². The summed E-state index contributed by atoms with van der Waals surface area (Å²) in [5.74, 6) is 1.38. The minimum atomic E-state index is -0.440. The van der Waals surface area contributed by atoms with Crippen LogP contribution in [0.15, 0.2) is 4.99 Å². The van der Waals surface area contributed by atoms with Gasteiger partial charge in [0.05, 0.1) is 19.8 Å². The number of hydrogen-bond donors (Lipinski definition) is 0. The third-order valence-electron chi connectivity index (χ3n) is 3.58. The third kappa shape index (κ3) is 3.70.